The van der Waals surface area contributed by atoms with Crippen molar-refractivity contribution in [1.82, 2.24) is 9.97 Å². The van der Waals surface area contributed by atoms with Crippen molar-refractivity contribution < 1.29 is 14.3 Å². The number of fused-ring (bicyclic) bond motifs is 2. The Morgan fingerprint density at radius 2 is 2.00 bits per heavy atom. The van der Waals surface area contributed by atoms with E-state index in [1.807, 2.05) is 18.2 Å². The molecule has 168 valence electrons. The maximum absolute atomic E-state index is 13.3. The molecule has 5 rings (SSSR count). The number of H-pyrrole nitrogens is 1. The predicted molar refractivity (Wildman–Crippen MR) is 124 cm³/mol. The van der Waals surface area contributed by atoms with Crippen LogP contribution in [0.25, 0.3) is 0 Å². The van der Waals surface area contributed by atoms with Crippen molar-refractivity contribution in [3.05, 3.63) is 50.9 Å². The van der Waals surface area contributed by atoms with Crippen molar-refractivity contribution in [2.45, 2.75) is 63.3 Å². The Kier molecular flexibility index (Phi) is 5.08. The lowest BCUT2D eigenvalue weighted by molar-refractivity contribution is -0.118. The number of ketones is 1. The summed E-state index contributed by atoms with van der Waals surface area (Å²) in [5.74, 6) is 1.39. The Morgan fingerprint density at radius 1 is 1.22 bits per heavy atom. The second kappa shape index (κ2) is 7.69. The second-order valence-corrected chi connectivity index (χ2v) is 10.9. The van der Waals surface area contributed by atoms with Crippen molar-refractivity contribution in [1.29, 1.82) is 0 Å². The number of hydrogen-bond acceptors (Lipinski definition) is 7. The van der Waals surface area contributed by atoms with E-state index in [9.17, 15) is 9.59 Å². The second-order valence-electron chi connectivity index (χ2n) is 9.47. The van der Waals surface area contributed by atoms with Gasteiger partial charge in [0.25, 0.3) is 5.56 Å². The van der Waals surface area contributed by atoms with Gasteiger partial charge in [0.15, 0.2) is 22.4 Å². The minimum atomic E-state index is -0.502. The number of aromatic nitrogens is 2. The molecule has 2 aliphatic heterocycles. The highest BCUT2D eigenvalue weighted by Crippen LogP contribution is 2.49. The number of aromatic amines is 1. The van der Waals surface area contributed by atoms with Gasteiger partial charge in [-0.2, -0.15) is 0 Å². The molecule has 0 radical (unpaired) electrons. The van der Waals surface area contributed by atoms with Crippen molar-refractivity contribution in [3.63, 3.8) is 0 Å². The molecule has 0 saturated heterocycles. The van der Waals surface area contributed by atoms with E-state index in [2.05, 4.69) is 38.0 Å². The summed E-state index contributed by atoms with van der Waals surface area (Å²) < 4.78 is 11.0. The van der Waals surface area contributed by atoms with Crippen LogP contribution in [-0.4, -0.2) is 27.8 Å². The zero-order valence-electron chi connectivity index (χ0n) is 18.7. The number of rotatable bonds is 4. The third-order valence-corrected chi connectivity index (χ3v) is 7.47. The molecule has 8 heteroatoms. The summed E-state index contributed by atoms with van der Waals surface area (Å²) in [5, 5.41) is 4.28. The topological polar surface area (TPSA) is 93.3 Å². The van der Waals surface area contributed by atoms with Crippen molar-refractivity contribution in [2.24, 2.45) is 5.41 Å². The normalized spacial score (nSPS) is 21.6. The van der Waals surface area contributed by atoms with E-state index in [0.29, 0.717) is 45.3 Å². The van der Waals surface area contributed by atoms with Crippen LogP contribution in [0.15, 0.2) is 39.4 Å². The zero-order chi connectivity index (χ0) is 22.6. The molecule has 2 N–H and O–H groups in total. The summed E-state index contributed by atoms with van der Waals surface area (Å²) in [7, 11) is 0. The van der Waals surface area contributed by atoms with E-state index in [0.717, 1.165) is 24.1 Å². The molecule has 0 fully saturated rings. The van der Waals surface area contributed by atoms with Gasteiger partial charge in [-0.05, 0) is 36.0 Å². The smallest absolute Gasteiger partial charge is 0.257 e. The lowest BCUT2D eigenvalue weighted by Crippen LogP contribution is -2.37. The van der Waals surface area contributed by atoms with Gasteiger partial charge in [-0.15, -0.1) is 0 Å². The number of thioether (sulfide) groups is 1. The first-order chi connectivity index (χ1) is 15.3. The van der Waals surface area contributed by atoms with Crippen LogP contribution in [0.2, 0.25) is 0 Å². The highest BCUT2D eigenvalue weighted by molar-refractivity contribution is 7.99. The van der Waals surface area contributed by atoms with Crippen LogP contribution in [-0.2, 0) is 4.79 Å². The average Bonchev–Trinajstić information content (AvgIpc) is 3.19. The minimum Gasteiger partial charge on any atom is -0.454 e. The number of ether oxygens (including phenoxy) is 2. The fourth-order valence-corrected chi connectivity index (χ4v) is 5.49. The molecule has 0 unspecified atom stereocenters. The monoisotopic (exact) mass is 453 g/mol. The van der Waals surface area contributed by atoms with E-state index >= 15 is 0 Å². The van der Waals surface area contributed by atoms with E-state index in [-0.39, 0.29) is 23.6 Å². The van der Waals surface area contributed by atoms with Crippen LogP contribution in [0.5, 0.6) is 11.5 Å². The molecule has 32 heavy (non-hydrogen) atoms. The van der Waals surface area contributed by atoms with Gasteiger partial charge in [-0.3, -0.25) is 9.59 Å². The maximum atomic E-state index is 13.3. The van der Waals surface area contributed by atoms with Crippen molar-refractivity contribution in [2.75, 3.05) is 12.1 Å². The summed E-state index contributed by atoms with van der Waals surface area (Å²) in [6.45, 7) is 8.57. The van der Waals surface area contributed by atoms with Crippen molar-refractivity contribution >= 4 is 23.4 Å². The highest BCUT2D eigenvalue weighted by atomic mass is 32.2. The SMILES string of the molecule is CC[C@@H](C)Sc1nc2c(c(=O)[nH]1)[C@H](c1ccc3c(c1)OCO3)C1=C(CC(C)(C)CC1=O)N2. The number of Topliss-reactive ketones (excluding diaryl/α,β-unsaturated/α-hetero) is 1. The molecular formula is C24H27N3O4S. The van der Waals surface area contributed by atoms with Gasteiger partial charge < -0.3 is 19.8 Å². The van der Waals surface area contributed by atoms with Crippen molar-refractivity contribution in [3.8, 4) is 11.5 Å². The lowest BCUT2D eigenvalue weighted by Gasteiger charge is -2.38. The van der Waals surface area contributed by atoms with Gasteiger partial charge in [-0.25, -0.2) is 4.98 Å². The molecule has 0 amide bonds. The molecule has 3 aliphatic rings. The van der Waals surface area contributed by atoms with Gasteiger partial charge in [0.2, 0.25) is 6.79 Å². The molecule has 0 saturated carbocycles. The average molecular weight is 454 g/mol. The molecule has 1 aromatic carbocycles. The number of anilines is 1. The van der Waals surface area contributed by atoms with E-state index in [4.69, 9.17) is 14.5 Å². The molecule has 2 aromatic rings. The third kappa shape index (κ3) is 3.60. The van der Waals surface area contributed by atoms with E-state index in [1.165, 1.54) is 0 Å². The molecule has 3 heterocycles. The number of carbonyl (C=O) groups is 1. The molecule has 7 nitrogen and oxygen atoms in total. The fourth-order valence-electron chi connectivity index (χ4n) is 4.65. The number of benzene rings is 1. The summed E-state index contributed by atoms with van der Waals surface area (Å²) in [6.07, 6.45) is 2.13. The summed E-state index contributed by atoms with van der Waals surface area (Å²) in [4.78, 5) is 34.4. The molecule has 1 aromatic heterocycles. The standard InChI is InChI=1S/C24H27N3O4S/c1-5-12(2)32-23-26-21-20(22(29)27-23)18(13-6-7-16-17(8-13)31-11-30-16)19-14(25-21)9-24(3,4)10-15(19)28/h6-8,12,18H,5,9-11H2,1-4H3,(H2,25,26,27,29)/t12-,18-/m1/s1. The largest absolute Gasteiger partial charge is 0.454 e. The van der Waals surface area contributed by atoms with Crippen LogP contribution in [0.1, 0.15) is 64.0 Å². The Hall–Kier alpha value is -2.74. The molecule has 1 aliphatic carbocycles. The Bertz CT molecular complexity index is 1200. The fraction of sp³-hybridized carbons (Fsp3) is 0.458. The van der Waals surface area contributed by atoms with Crippen LogP contribution >= 0.6 is 11.8 Å². The zero-order valence-corrected chi connectivity index (χ0v) is 19.5. The Balaban J connectivity index is 1.69. The third-order valence-electron chi connectivity index (χ3n) is 6.32. The quantitative estimate of drug-likeness (QED) is 0.517. The van der Waals surface area contributed by atoms with E-state index < -0.39 is 5.92 Å². The van der Waals surface area contributed by atoms with Gasteiger partial charge in [-0.1, -0.05) is 45.5 Å². The first kappa shape index (κ1) is 21.1. The van der Waals surface area contributed by atoms with Crippen LogP contribution in [0.3, 0.4) is 0 Å². The van der Waals surface area contributed by atoms with Gasteiger partial charge in [0.05, 0.1) is 5.56 Å². The van der Waals surface area contributed by atoms with Gasteiger partial charge in [0.1, 0.15) is 5.82 Å². The number of allylic oxidation sites excluding steroid dienone is 2. The van der Waals surface area contributed by atoms with Crippen LogP contribution < -0.4 is 20.3 Å². The molecule has 0 bridgehead atoms. The summed E-state index contributed by atoms with van der Waals surface area (Å²) >= 11 is 1.55. The number of carbonyl (C=O) groups excluding carboxylic acids is 1. The Morgan fingerprint density at radius 3 is 2.78 bits per heavy atom. The van der Waals surface area contributed by atoms with Crippen LogP contribution in [0.4, 0.5) is 5.82 Å². The van der Waals surface area contributed by atoms with Gasteiger partial charge >= 0.3 is 0 Å². The minimum absolute atomic E-state index is 0.0644. The van der Waals surface area contributed by atoms with Gasteiger partial charge in [0, 0.05) is 28.9 Å². The first-order valence-electron chi connectivity index (χ1n) is 11.0. The first-order valence-corrected chi connectivity index (χ1v) is 11.9. The molecule has 2 atom stereocenters. The number of hydrogen-bond donors (Lipinski definition) is 2. The van der Waals surface area contributed by atoms with Crippen LogP contribution in [0, 0.1) is 5.41 Å². The summed E-state index contributed by atoms with van der Waals surface area (Å²) in [6, 6.07) is 5.62. The molecule has 0 spiro atoms. The predicted octanol–water partition coefficient (Wildman–Crippen LogP) is 4.59. The summed E-state index contributed by atoms with van der Waals surface area (Å²) in [5.41, 5.74) is 2.44. The highest BCUT2D eigenvalue weighted by Gasteiger charge is 2.42. The molecular weight excluding hydrogens is 426 g/mol. The van der Waals surface area contributed by atoms with E-state index in [1.54, 1.807) is 11.8 Å². The Labute approximate surface area is 191 Å². The number of nitrogens with zero attached hydrogens (tertiary/aromatic N) is 1. The maximum Gasteiger partial charge on any atom is 0.257 e. The number of nitrogens with one attached hydrogen (secondary N) is 2. The lowest BCUT2D eigenvalue weighted by atomic mass is 9.69.